The number of aryl methyl sites for hydroxylation is 1. The number of para-hydroxylation sites is 2. The summed E-state index contributed by atoms with van der Waals surface area (Å²) in [5.41, 5.74) is 1.93. The van der Waals surface area contributed by atoms with E-state index in [1.54, 1.807) is 4.90 Å². The molecule has 1 aliphatic heterocycles. The summed E-state index contributed by atoms with van der Waals surface area (Å²) < 4.78 is 21.8. The van der Waals surface area contributed by atoms with Crippen LogP contribution in [0.5, 0.6) is 0 Å². The third-order valence-corrected chi connectivity index (χ3v) is 4.74. The van der Waals surface area contributed by atoms with E-state index in [1.165, 1.54) is 0 Å². The van der Waals surface area contributed by atoms with Crippen LogP contribution in [0.4, 0.5) is 4.39 Å². The first-order valence-electron chi connectivity index (χ1n) is 8.08. The number of amides is 1. The molecule has 4 rings (SSSR count). The number of nitrogens with zero attached hydrogens (tertiary/aromatic N) is 3. The zero-order chi connectivity index (χ0) is 16.0. The number of alkyl halides is 1. The molecule has 2 aliphatic rings. The number of benzene rings is 1. The second-order valence-corrected chi connectivity index (χ2v) is 6.46. The van der Waals surface area contributed by atoms with Crippen molar-refractivity contribution >= 4 is 16.9 Å². The minimum Gasteiger partial charge on any atom is -0.365 e. The van der Waals surface area contributed by atoms with Crippen LogP contribution in [0.2, 0.25) is 0 Å². The molecule has 23 heavy (non-hydrogen) atoms. The third-order valence-electron chi connectivity index (χ3n) is 4.74. The van der Waals surface area contributed by atoms with Crippen LogP contribution in [0, 0.1) is 5.92 Å². The molecule has 0 spiro atoms. The number of hydrogen-bond donors (Lipinski definition) is 0. The molecular formula is C17H20FN3O2. The SMILES string of the molecule is Cn1c(COC2CN(C(=O)C3CC3)CC2F)nc2ccccc21. The van der Waals surface area contributed by atoms with E-state index in [-0.39, 0.29) is 25.0 Å². The summed E-state index contributed by atoms with van der Waals surface area (Å²) >= 11 is 0. The summed E-state index contributed by atoms with van der Waals surface area (Å²) in [4.78, 5) is 18.2. The Hall–Kier alpha value is -1.95. The fraction of sp³-hybridized carbons (Fsp3) is 0.529. The Bertz CT molecular complexity index is 741. The fourth-order valence-electron chi connectivity index (χ4n) is 3.17. The highest BCUT2D eigenvalue weighted by Crippen LogP contribution is 2.33. The van der Waals surface area contributed by atoms with Crippen molar-refractivity contribution in [2.75, 3.05) is 13.1 Å². The van der Waals surface area contributed by atoms with Gasteiger partial charge in [-0.3, -0.25) is 4.79 Å². The molecule has 1 saturated heterocycles. The molecule has 1 aromatic heterocycles. The van der Waals surface area contributed by atoms with E-state index in [4.69, 9.17) is 4.74 Å². The Morgan fingerprint density at radius 3 is 2.87 bits per heavy atom. The molecule has 2 fully saturated rings. The number of halogens is 1. The van der Waals surface area contributed by atoms with Gasteiger partial charge in [0.2, 0.25) is 5.91 Å². The second kappa shape index (κ2) is 5.60. The molecule has 122 valence electrons. The number of ether oxygens (including phenoxy) is 1. The molecular weight excluding hydrogens is 297 g/mol. The molecule has 2 aromatic rings. The van der Waals surface area contributed by atoms with Gasteiger partial charge in [-0.05, 0) is 25.0 Å². The van der Waals surface area contributed by atoms with E-state index in [0.717, 1.165) is 29.7 Å². The number of carbonyl (C=O) groups is 1. The van der Waals surface area contributed by atoms with Crippen LogP contribution in [-0.4, -0.2) is 45.7 Å². The van der Waals surface area contributed by atoms with Crippen molar-refractivity contribution in [3.05, 3.63) is 30.1 Å². The van der Waals surface area contributed by atoms with Crippen molar-refractivity contribution < 1.29 is 13.9 Å². The summed E-state index contributed by atoms with van der Waals surface area (Å²) in [7, 11) is 1.93. The van der Waals surface area contributed by atoms with Crippen LogP contribution in [0.1, 0.15) is 18.7 Å². The van der Waals surface area contributed by atoms with Crippen LogP contribution in [-0.2, 0) is 23.2 Å². The normalized spacial score (nSPS) is 24.5. The first-order chi connectivity index (χ1) is 11.1. The summed E-state index contributed by atoms with van der Waals surface area (Å²) in [6.07, 6.45) is 0.208. The molecule has 5 nitrogen and oxygen atoms in total. The Morgan fingerprint density at radius 1 is 1.35 bits per heavy atom. The molecule has 1 aromatic carbocycles. The van der Waals surface area contributed by atoms with Gasteiger partial charge in [0.1, 0.15) is 24.7 Å². The van der Waals surface area contributed by atoms with Gasteiger partial charge in [0.05, 0.1) is 17.6 Å². The third kappa shape index (κ3) is 2.72. The van der Waals surface area contributed by atoms with Gasteiger partial charge in [0, 0.05) is 19.5 Å². The van der Waals surface area contributed by atoms with E-state index < -0.39 is 12.3 Å². The lowest BCUT2D eigenvalue weighted by Crippen LogP contribution is -2.31. The molecule has 6 heteroatoms. The minimum absolute atomic E-state index is 0.0847. The first kappa shape index (κ1) is 14.6. The molecule has 1 aliphatic carbocycles. The average Bonchev–Trinajstić information content (AvgIpc) is 3.27. The van der Waals surface area contributed by atoms with Gasteiger partial charge in [-0.2, -0.15) is 0 Å². The summed E-state index contributed by atoms with van der Waals surface area (Å²) in [6.45, 7) is 0.755. The highest BCUT2D eigenvalue weighted by Gasteiger charge is 2.41. The van der Waals surface area contributed by atoms with Gasteiger partial charge in [-0.15, -0.1) is 0 Å². The second-order valence-electron chi connectivity index (χ2n) is 6.46. The number of rotatable bonds is 4. The number of likely N-dealkylation sites (tertiary alicyclic amines) is 1. The Labute approximate surface area is 134 Å². The van der Waals surface area contributed by atoms with E-state index in [9.17, 15) is 9.18 Å². The molecule has 1 saturated carbocycles. The first-order valence-corrected chi connectivity index (χ1v) is 8.08. The average molecular weight is 317 g/mol. The fourth-order valence-corrected chi connectivity index (χ4v) is 3.17. The van der Waals surface area contributed by atoms with Crippen LogP contribution >= 0.6 is 0 Å². The predicted octanol–water partition coefficient (Wildman–Crippen LogP) is 2.05. The van der Waals surface area contributed by atoms with Crippen LogP contribution in [0.15, 0.2) is 24.3 Å². The van der Waals surface area contributed by atoms with Gasteiger partial charge >= 0.3 is 0 Å². The number of hydrogen-bond acceptors (Lipinski definition) is 3. The zero-order valence-electron chi connectivity index (χ0n) is 13.1. The van der Waals surface area contributed by atoms with Gasteiger partial charge in [-0.25, -0.2) is 9.37 Å². The monoisotopic (exact) mass is 317 g/mol. The number of imidazole rings is 1. The van der Waals surface area contributed by atoms with E-state index in [0.29, 0.717) is 6.54 Å². The topological polar surface area (TPSA) is 47.4 Å². The minimum atomic E-state index is -1.12. The Balaban J connectivity index is 1.42. The molecule has 2 unspecified atom stereocenters. The van der Waals surface area contributed by atoms with Crippen molar-refractivity contribution in [3.8, 4) is 0 Å². The van der Waals surface area contributed by atoms with Gasteiger partial charge in [0.15, 0.2) is 0 Å². The molecule has 2 atom stereocenters. The Morgan fingerprint density at radius 2 is 2.13 bits per heavy atom. The maximum absolute atomic E-state index is 14.1. The number of carbonyl (C=O) groups excluding carboxylic acids is 1. The summed E-state index contributed by atoms with van der Waals surface area (Å²) in [6, 6.07) is 7.85. The van der Waals surface area contributed by atoms with Gasteiger partial charge < -0.3 is 14.2 Å². The van der Waals surface area contributed by atoms with Crippen LogP contribution < -0.4 is 0 Å². The van der Waals surface area contributed by atoms with Crippen molar-refractivity contribution in [1.29, 1.82) is 0 Å². The van der Waals surface area contributed by atoms with Crippen LogP contribution in [0.3, 0.4) is 0 Å². The molecule has 0 N–H and O–H groups in total. The predicted molar refractivity (Wildman–Crippen MR) is 83.5 cm³/mol. The smallest absolute Gasteiger partial charge is 0.225 e. The van der Waals surface area contributed by atoms with E-state index >= 15 is 0 Å². The maximum atomic E-state index is 14.1. The standard InChI is InChI=1S/C17H20FN3O2/c1-20-14-5-3-2-4-13(14)19-16(20)10-23-15-9-21(8-12(15)18)17(22)11-6-7-11/h2-5,11-12,15H,6-10H2,1H3. The quantitative estimate of drug-likeness (QED) is 0.867. The summed E-state index contributed by atoms with van der Waals surface area (Å²) in [5, 5.41) is 0. The highest BCUT2D eigenvalue weighted by molar-refractivity contribution is 5.81. The summed E-state index contributed by atoms with van der Waals surface area (Å²) in [5.74, 6) is 0.979. The van der Waals surface area contributed by atoms with Crippen LogP contribution in [0.25, 0.3) is 11.0 Å². The molecule has 1 amide bonds. The number of aromatic nitrogens is 2. The molecule has 0 radical (unpaired) electrons. The lowest BCUT2D eigenvalue weighted by Gasteiger charge is -2.15. The lowest BCUT2D eigenvalue weighted by atomic mass is 10.3. The van der Waals surface area contributed by atoms with Crippen molar-refractivity contribution in [1.82, 2.24) is 14.5 Å². The van der Waals surface area contributed by atoms with Gasteiger partial charge in [-0.1, -0.05) is 12.1 Å². The van der Waals surface area contributed by atoms with Gasteiger partial charge in [0.25, 0.3) is 0 Å². The van der Waals surface area contributed by atoms with E-state index in [1.807, 2.05) is 35.9 Å². The molecule has 0 bridgehead atoms. The zero-order valence-corrected chi connectivity index (χ0v) is 13.1. The van der Waals surface area contributed by atoms with Crippen molar-refractivity contribution in [2.45, 2.75) is 31.7 Å². The highest BCUT2D eigenvalue weighted by atomic mass is 19.1. The molecule has 2 heterocycles. The lowest BCUT2D eigenvalue weighted by molar-refractivity contribution is -0.132. The van der Waals surface area contributed by atoms with Crippen molar-refractivity contribution in [3.63, 3.8) is 0 Å². The Kier molecular flexibility index (Phi) is 3.56. The number of fused-ring (bicyclic) bond motifs is 1. The largest absolute Gasteiger partial charge is 0.365 e. The maximum Gasteiger partial charge on any atom is 0.225 e. The van der Waals surface area contributed by atoms with E-state index in [2.05, 4.69) is 4.98 Å². The van der Waals surface area contributed by atoms with Crippen molar-refractivity contribution in [2.24, 2.45) is 13.0 Å².